The highest BCUT2D eigenvalue weighted by Gasteiger charge is 2.12. The lowest BCUT2D eigenvalue weighted by Crippen LogP contribution is -2.06. The van der Waals surface area contributed by atoms with Crippen LogP contribution in [0, 0.1) is 10.1 Å². The van der Waals surface area contributed by atoms with Crippen LogP contribution in [-0.2, 0) is 6.54 Å². The molecule has 3 N–H and O–H groups in total. The van der Waals surface area contributed by atoms with Crippen LogP contribution in [0.1, 0.15) is 5.56 Å². The first-order valence-corrected chi connectivity index (χ1v) is 5.35. The van der Waals surface area contributed by atoms with Crippen molar-refractivity contribution in [3.05, 3.63) is 58.3 Å². The lowest BCUT2D eigenvalue weighted by atomic mass is 10.2. The van der Waals surface area contributed by atoms with Gasteiger partial charge in [0.2, 0.25) is 0 Å². The Hall–Kier alpha value is -2.63. The van der Waals surface area contributed by atoms with E-state index >= 15 is 0 Å². The summed E-state index contributed by atoms with van der Waals surface area (Å²) in [5.41, 5.74) is 6.91. The number of nitro groups is 1. The van der Waals surface area contributed by atoms with E-state index in [1.807, 2.05) is 0 Å². The summed E-state index contributed by atoms with van der Waals surface area (Å²) in [6, 6.07) is 10.0. The lowest BCUT2D eigenvalue weighted by molar-refractivity contribution is -0.385. The molecular weight excluding hydrogens is 232 g/mol. The van der Waals surface area contributed by atoms with Crippen molar-refractivity contribution in [2.24, 2.45) is 0 Å². The van der Waals surface area contributed by atoms with Crippen molar-refractivity contribution >= 4 is 17.2 Å². The first-order valence-electron chi connectivity index (χ1n) is 5.35. The molecule has 18 heavy (non-hydrogen) atoms. The molecule has 0 aliphatic rings. The second-order valence-corrected chi connectivity index (χ2v) is 3.68. The van der Waals surface area contributed by atoms with E-state index < -0.39 is 4.92 Å². The molecule has 0 unspecified atom stereocenters. The minimum Gasteiger partial charge on any atom is -0.396 e. The largest absolute Gasteiger partial charge is 0.396 e. The van der Waals surface area contributed by atoms with Crippen LogP contribution in [0.15, 0.2) is 42.6 Å². The monoisotopic (exact) mass is 244 g/mol. The summed E-state index contributed by atoms with van der Waals surface area (Å²) >= 11 is 0. The molecular formula is C12H12N4O2. The van der Waals surface area contributed by atoms with Crippen LogP contribution >= 0.6 is 0 Å². The maximum absolute atomic E-state index is 10.8. The van der Waals surface area contributed by atoms with Gasteiger partial charge >= 0.3 is 0 Å². The van der Waals surface area contributed by atoms with Crippen molar-refractivity contribution in [2.45, 2.75) is 6.54 Å². The van der Waals surface area contributed by atoms with Gasteiger partial charge in [-0.15, -0.1) is 0 Å². The Kier molecular flexibility index (Phi) is 3.38. The molecule has 1 aromatic carbocycles. The van der Waals surface area contributed by atoms with Crippen LogP contribution in [0.4, 0.5) is 17.2 Å². The number of pyridine rings is 1. The normalized spacial score (nSPS) is 10.0. The van der Waals surface area contributed by atoms with Gasteiger partial charge < -0.3 is 11.1 Å². The number of anilines is 2. The Labute approximate surface area is 104 Å². The summed E-state index contributed by atoms with van der Waals surface area (Å²) in [5.74, 6) is 0.524. The topological polar surface area (TPSA) is 94.1 Å². The number of hydrogen-bond acceptors (Lipinski definition) is 5. The van der Waals surface area contributed by atoms with Gasteiger partial charge in [0.25, 0.3) is 5.69 Å². The third-order valence-corrected chi connectivity index (χ3v) is 2.47. The Morgan fingerprint density at radius 3 is 2.78 bits per heavy atom. The summed E-state index contributed by atoms with van der Waals surface area (Å²) in [6.07, 6.45) is 1.61. The zero-order valence-corrected chi connectivity index (χ0v) is 9.54. The number of para-hydroxylation sites is 1. The van der Waals surface area contributed by atoms with Crippen LogP contribution in [-0.4, -0.2) is 9.91 Å². The quantitative estimate of drug-likeness (QED) is 0.635. The molecule has 6 nitrogen and oxygen atoms in total. The van der Waals surface area contributed by atoms with E-state index in [0.29, 0.717) is 23.6 Å². The van der Waals surface area contributed by atoms with E-state index in [9.17, 15) is 10.1 Å². The molecule has 1 aromatic heterocycles. The first-order chi connectivity index (χ1) is 8.68. The standard InChI is InChI=1S/C12H12N4O2/c13-10-5-3-7-14-12(10)15-8-9-4-1-2-6-11(9)16(17)18/h1-7H,8,13H2,(H,14,15). The lowest BCUT2D eigenvalue weighted by Gasteiger charge is -2.08. The highest BCUT2D eigenvalue weighted by Crippen LogP contribution is 2.20. The summed E-state index contributed by atoms with van der Waals surface area (Å²) in [4.78, 5) is 14.5. The van der Waals surface area contributed by atoms with Crippen molar-refractivity contribution in [1.82, 2.24) is 4.98 Å². The molecule has 0 aliphatic carbocycles. The molecule has 92 valence electrons. The molecule has 6 heteroatoms. The molecule has 0 saturated heterocycles. The van der Waals surface area contributed by atoms with Crippen LogP contribution in [0.3, 0.4) is 0 Å². The fraction of sp³-hybridized carbons (Fsp3) is 0.0833. The van der Waals surface area contributed by atoms with Crippen LogP contribution in [0.2, 0.25) is 0 Å². The highest BCUT2D eigenvalue weighted by molar-refractivity contribution is 5.60. The molecule has 0 bridgehead atoms. The van der Waals surface area contributed by atoms with E-state index in [0.717, 1.165) is 0 Å². The second kappa shape index (κ2) is 5.13. The third kappa shape index (κ3) is 2.54. The predicted molar refractivity (Wildman–Crippen MR) is 69.1 cm³/mol. The molecule has 0 radical (unpaired) electrons. The van der Waals surface area contributed by atoms with Crippen LogP contribution in [0.5, 0.6) is 0 Å². The van der Waals surface area contributed by atoms with Crippen molar-refractivity contribution < 1.29 is 4.92 Å². The van der Waals surface area contributed by atoms with Gasteiger partial charge in [0.1, 0.15) is 5.82 Å². The van der Waals surface area contributed by atoms with Gasteiger partial charge in [0, 0.05) is 24.4 Å². The van der Waals surface area contributed by atoms with Crippen LogP contribution < -0.4 is 11.1 Å². The average Bonchev–Trinajstić information content (AvgIpc) is 2.38. The van der Waals surface area contributed by atoms with E-state index in [1.165, 1.54) is 6.07 Å². The van der Waals surface area contributed by atoms with Gasteiger partial charge in [-0.25, -0.2) is 4.98 Å². The number of nitrogens with zero attached hydrogens (tertiary/aromatic N) is 2. The van der Waals surface area contributed by atoms with Crippen molar-refractivity contribution in [3.8, 4) is 0 Å². The third-order valence-electron chi connectivity index (χ3n) is 2.47. The summed E-state index contributed by atoms with van der Waals surface area (Å²) in [6.45, 7) is 0.304. The molecule has 2 aromatic rings. The number of aromatic nitrogens is 1. The Morgan fingerprint density at radius 1 is 1.28 bits per heavy atom. The number of benzene rings is 1. The molecule has 0 amide bonds. The smallest absolute Gasteiger partial charge is 0.274 e. The fourth-order valence-corrected chi connectivity index (χ4v) is 1.58. The van der Waals surface area contributed by atoms with Gasteiger partial charge in [0.15, 0.2) is 0 Å². The summed E-state index contributed by atoms with van der Waals surface area (Å²) in [5, 5.41) is 13.8. The number of hydrogen-bond donors (Lipinski definition) is 2. The molecule has 0 atom stereocenters. The van der Waals surface area contributed by atoms with Gasteiger partial charge in [0.05, 0.1) is 10.6 Å². The zero-order chi connectivity index (χ0) is 13.0. The van der Waals surface area contributed by atoms with E-state index in [2.05, 4.69) is 10.3 Å². The first kappa shape index (κ1) is 11.8. The highest BCUT2D eigenvalue weighted by atomic mass is 16.6. The molecule has 0 fully saturated rings. The van der Waals surface area contributed by atoms with Crippen molar-refractivity contribution in [1.29, 1.82) is 0 Å². The minimum absolute atomic E-state index is 0.0829. The van der Waals surface area contributed by atoms with Crippen LogP contribution in [0.25, 0.3) is 0 Å². The Morgan fingerprint density at radius 2 is 2.06 bits per heavy atom. The fourth-order valence-electron chi connectivity index (χ4n) is 1.58. The number of nitrogens with one attached hydrogen (secondary N) is 1. The number of nitrogens with two attached hydrogens (primary N) is 1. The maximum atomic E-state index is 10.8. The molecule has 0 spiro atoms. The van der Waals surface area contributed by atoms with E-state index in [4.69, 9.17) is 5.73 Å². The average molecular weight is 244 g/mol. The molecule has 0 saturated carbocycles. The zero-order valence-electron chi connectivity index (χ0n) is 9.54. The minimum atomic E-state index is -0.404. The van der Waals surface area contributed by atoms with Gasteiger partial charge in [-0.2, -0.15) is 0 Å². The Bertz CT molecular complexity index is 572. The second-order valence-electron chi connectivity index (χ2n) is 3.68. The number of nitro benzene ring substituents is 1. The number of rotatable bonds is 4. The number of nitrogen functional groups attached to an aromatic ring is 1. The van der Waals surface area contributed by atoms with Gasteiger partial charge in [-0.1, -0.05) is 18.2 Å². The summed E-state index contributed by atoms with van der Waals surface area (Å²) < 4.78 is 0. The Balaban J connectivity index is 2.16. The summed E-state index contributed by atoms with van der Waals surface area (Å²) in [7, 11) is 0. The van der Waals surface area contributed by atoms with E-state index in [1.54, 1.807) is 36.5 Å². The van der Waals surface area contributed by atoms with E-state index in [-0.39, 0.29) is 5.69 Å². The van der Waals surface area contributed by atoms with Crippen molar-refractivity contribution in [2.75, 3.05) is 11.1 Å². The van der Waals surface area contributed by atoms with Gasteiger partial charge in [-0.05, 0) is 12.1 Å². The SMILES string of the molecule is Nc1cccnc1NCc1ccccc1[N+](=O)[O-]. The molecule has 1 heterocycles. The van der Waals surface area contributed by atoms with Crippen molar-refractivity contribution in [3.63, 3.8) is 0 Å². The van der Waals surface area contributed by atoms with Gasteiger partial charge in [-0.3, -0.25) is 10.1 Å². The predicted octanol–water partition coefficient (Wildman–Crippen LogP) is 2.18. The molecule has 0 aliphatic heterocycles. The maximum Gasteiger partial charge on any atom is 0.274 e. The molecule has 2 rings (SSSR count).